The van der Waals surface area contributed by atoms with Gasteiger partial charge in [0.2, 0.25) is 5.91 Å². The fourth-order valence-electron chi connectivity index (χ4n) is 6.61. The van der Waals surface area contributed by atoms with Gasteiger partial charge >= 0.3 is 0 Å². The van der Waals surface area contributed by atoms with Gasteiger partial charge in [-0.1, -0.05) is 55.2 Å². The molecule has 1 saturated carbocycles. The topological polar surface area (TPSA) is 57.0 Å². The van der Waals surface area contributed by atoms with Crippen molar-refractivity contribution in [1.29, 1.82) is 0 Å². The molecule has 6 heteroatoms. The molecular formula is C35H45N3O3. The summed E-state index contributed by atoms with van der Waals surface area (Å²) in [6.07, 6.45) is 11.2. The Morgan fingerprint density at radius 3 is 2.32 bits per heavy atom. The van der Waals surface area contributed by atoms with Crippen LogP contribution in [0.2, 0.25) is 0 Å². The SMILES string of the molecule is CCN(C(=O)CC1CCCCC1)c1ccccc1CCN1CCC(N(C(=O)c2ccco2)c2ccc(C)cc2)CC1. The van der Waals surface area contributed by atoms with E-state index in [4.69, 9.17) is 4.42 Å². The van der Waals surface area contributed by atoms with Gasteiger partial charge in [-0.2, -0.15) is 0 Å². The van der Waals surface area contributed by atoms with Gasteiger partial charge < -0.3 is 19.1 Å². The van der Waals surface area contributed by atoms with E-state index in [-0.39, 0.29) is 17.9 Å². The fraction of sp³-hybridized carbons (Fsp3) is 0.486. The minimum atomic E-state index is -0.0798. The minimum absolute atomic E-state index is 0.0798. The van der Waals surface area contributed by atoms with Crippen molar-refractivity contribution in [1.82, 2.24) is 4.90 Å². The maximum Gasteiger partial charge on any atom is 0.294 e. The molecule has 1 aliphatic carbocycles. The number of anilines is 2. The van der Waals surface area contributed by atoms with E-state index in [9.17, 15) is 9.59 Å². The van der Waals surface area contributed by atoms with Crippen molar-refractivity contribution in [2.45, 2.75) is 77.7 Å². The molecule has 218 valence electrons. The van der Waals surface area contributed by atoms with Crippen LogP contribution in [0.1, 0.15) is 80.0 Å². The number of carbonyl (C=O) groups excluding carboxylic acids is 2. The Bertz CT molecular complexity index is 1260. The van der Waals surface area contributed by atoms with Gasteiger partial charge in [0.05, 0.1) is 6.26 Å². The molecule has 5 rings (SSSR count). The normalized spacial score (nSPS) is 16.9. The minimum Gasteiger partial charge on any atom is -0.459 e. The molecule has 0 unspecified atom stereocenters. The zero-order chi connectivity index (χ0) is 28.6. The first-order chi connectivity index (χ1) is 20.0. The molecular weight excluding hydrogens is 510 g/mol. The van der Waals surface area contributed by atoms with Crippen LogP contribution < -0.4 is 9.80 Å². The third kappa shape index (κ3) is 7.28. The van der Waals surface area contributed by atoms with E-state index < -0.39 is 0 Å². The third-order valence-corrected chi connectivity index (χ3v) is 8.97. The number of piperidine rings is 1. The summed E-state index contributed by atoms with van der Waals surface area (Å²) in [5.41, 5.74) is 4.40. The summed E-state index contributed by atoms with van der Waals surface area (Å²) >= 11 is 0. The smallest absolute Gasteiger partial charge is 0.294 e. The fourth-order valence-corrected chi connectivity index (χ4v) is 6.61. The molecule has 3 aromatic rings. The van der Waals surface area contributed by atoms with E-state index in [1.54, 1.807) is 18.4 Å². The van der Waals surface area contributed by atoms with Gasteiger partial charge in [0.25, 0.3) is 5.91 Å². The summed E-state index contributed by atoms with van der Waals surface area (Å²) in [6, 6.07) is 20.3. The van der Waals surface area contributed by atoms with E-state index in [0.717, 1.165) is 50.3 Å². The first-order valence-corrected chi connectivity index (χ1v) is 15.6. The Labute approximate surface area is 245 Å². The van der Waals surface area contributed by atoms with E-state index >= 15 is 0 Å². The number of para-hydroxylation sites is 1. The van der Waals surface area contributed by atoms with Gasteiger partial charge in [-0.05, 0) is 87.8 Å². The number of benzene rings is 2. The van der Waals surface area contributed by atoms with Crippen molar-refractivity contribution < 1.29 is 14.0 Å². The summed E-state index contributed by atoms with van der Waals surface area (Å²) in [5, 5.41) is 0. The van der Waals surface area contributed by atoms with Crippen LogP contribution in [0.5, 0.6) is 0 Å². The molecule has 0 atom stereocenters. The first kappa shape index (κ1) is 29.1. The average molecular weight is 556 g/mol. The molecule has 2 heterocycles. The van der Waals surface area contributed by atoms with Gasteiger partial charge in [0.1, 0.15) is 0 Å². The quantitative estimate of drug-likeness (QED) is 0.264. The lowest BCUT2D eigenvalue weighted by molar-refractivity contribution is -0.119. The van der Waals surface area contributed by atoms with Gasteiger partial charge in [0.15, 0.2) is 5.76 Å². The molecule has 0 bridgehead atoms. The Kier molecular flexibility index (Phi) is 9.94. The third-order valence-electron chi connectivity index (χ3n) is 8.97. The molecule has 41 heavy (non-hydrogen) atoms. The van der Waals surface area contributed by atoms with E-state index in [2.05, 4.69) is 55.1 Å². The second kappa shape index (κ2) is 14.0. The highest BCUT2D eigenvalue weighted by molar-refractivity contribution is 6.04. The lowest BCUT2D eigenvalue weighted by atomic mass is 9.86. The number of hydrogen-bond donors (Lipinski definition) is 0. The molecule has 6 nitrogen and oxygen atoms in total. The first-order valence-electron chi connectivity index (χ1n) is 15.6. The number of furan rings is 1. The molecule has 2 amide bonds. The van der Waals surface area contributed by atoms with Gasteiger partial charge in [-0.3, -0.25) is 9.59 Å². The van der Waals surface area contributed by atoms with Gasteiger partial charge in [0, 0.05) is 50.0 Å². The molecule has 2 aromatic carbocycles. The Hall–Kier alpha value is -3.38. The highest BCUT2D eigenvalue weighted by Gasteiger charge is 2.31. The highest BCUT2D eigenvalue weighted by atomic mass is 16.3. The molecule has 2 fully saturated rings. The predicted molar refractivity (Wildman–Crippen MR) is 166 cm³/mol. The lowest BCUT2D eigenvalue weighted by Gasteiger charge is -2.38. The summed E-state index contributed by atoms with van der Waals surface area (Å²) in [4.78, 5) is 33.3. The standard InChI is InChI=1S/C35H45N3O3/c1-3-37(34(39)26-28-10-5-4-6-11-28)32-13-8-7-12-29(32)19-22-36-23-20-31(21-24-36)38(30-17-15-27(2)16-18-30)35(40)33-14-9-25-41-33/h7-9,12-18,25,28,31H,3-6,10-11,19-24,26H2,1-2H3. The molecule has 0 spiro atoms. The predicted octanol–water partition coefficient (Wildman–Crippen LogP) is 7.27. The molecule has 2 aliphatic rings. The average Bonchev–Trinajstić information content (AvgIpc) is 3.55. The van der Waals surface area contributed by atoms with E-state index in [1.807, 2.05) is 21.9 Å². The number of nitrogens with zero attached hydrogens (tertiary/aromatic N) is 3. The van der Waals surface area contributed by atoms with Crippen LogP contribution in [0.25, 0.3) is 0 Å². The Balaban J connectivity index is 1.21. The van der Waals surface area contributed by atoms with Crippen LogP contribution >= 0.6 is 0 Å². The number of aryl methyl sites for hydroxylation is 1. The summed E-state index contributed by atoms with van der Waals surface area (Å²) < 4.78 is 5.49. The number of rotatable bonds is 10. The summed E-state index contributed by atoms with van der Waals surface area (Å²) in [7, 11) is 0. The second-order valence-electron chi connectivity index (χ2n) is 11.8. The van der Waals surface area contributed by atoms with Crippen LogP contribution in [0.3, 0.4) is 0 Å². The van der Waals surface area contributed by atoms with Crippen LogP contribution in [0.4, 0.5) is 11.4 Å². The van der Waals surface area contributed by atoms with E-state index in [1.165, 1.54) is 43.2 Å². The number of likely N-dealkylation sites (tertiary alicyclic amines) is 1. The molecule has 0 N–H and O–H groups in total. The maximum atomic E-state index is 13.5. The maximum absolute atomic E-state index is 13.5. The van der Waals surface area contributed by atoms with Gasteiger partial charge in [-0.15, -0.1) is 0 Å². The van der Waals surface area contributed by atoms with Gasteiger partial charge in [-0.25, -0.2) is 0 Å². The van der Waals surface area contributed by atoms with Crippen molar-refractivity contribution in [3.05, 3.63) is 83.8 Å². The summed E-state index contributed by atoms with van der Waals surface area (Å²) in [5.74, 6) is 1.11. The van der Waals surface area contributed by atoms with Crippen molar-refractivity contribution in [2.24, 2.45) is 5.92 Å². The second-order valence-corrected chi connectivity index (χ2v) is 11.8. The number of hydrogen-bond acceptors (Lipinski definition) is 4. The van der Waals surface area contributed by atoms with Crippen molar-refractivity contribution in [2.75, 3.05) is 36.0 Å². The van der Waals surface area contributed by atoms with Crippen LogP contribution in [-0.4, -0.2) is 48.9 Å². The van der Waals surface area contributed by atoms with Crippen LogP contribution in [0, 0.1) is 12.8 Å². The van der Waals surface area contributed by atoms with Crippen LogP contribution in [0.15, 0.2) is 71.3 Å². The largest absolute Gasteiger partial charge is 0.459 e. The highest BCUT2D eigenvalue weighted by Crippen LogP contribution is 2.30. The lowest BCUT2D eigenvalue weighted by Crippen LogP contribution is -2.48. The Morgan fingerprint density at radius 1 is 0.902 bits per heavy atom. The zero-order valence-electron chi connectivity index (χ0n) is 24.8. The monoisotopic (exact) mass is 555 g/mol. The Morgan fingerprint density at radius 2 is 1.63 bits per heavy atom. The number of amides is 2. The zero-order valence-corrected chi connectivity index (χ0v) is 24.8. The van der Waals surface area contributed by atoms with Crippen molar-refractivity contribution in [3.8, 4) is 0 Å². The molecule has 0 radical (unpaired) electrons. The van der Waals surface area contributed by atoms with Crippen molar-refractivity contribution in [3.63, 3.8) is 0 Å². The van der Waals surface area contributed by atoms with E-state index in [0.29, 0.717) is 24.6 Å². The molecule has 1 saturated heterocycles. The molecule has 1 aromatic heterocycles. The molecule has 1 aliphatic heterocycles. The van der Waals surface area contributed by atoms with Crippen LogP contribution in [-0.2, 0) is 11.2 Å². The number of carbonyl (C=O) groups is 2. The van der Waals surface area contributed by atoms with Crippen molar-refractivity contribution >= 4 is 23.2 Å². The summed E-state index contributed by atoms with van der Waals surface area (Å²) in [6.45, 7) is 7.65.